The van der Waals surface area contributed by atoms with Crippen molar-refractivity contribution in [3.63, 3.8) is 0 Å². The zero-order valence-corrected chi connectivity index (χ0v) is 17.7. The Morgan fingerprint density at radius 3 is 2.48 bits per heavy atom. The molecule has 0 atom stereocenters. The molecule has 3 rings (SSSR count). The fraction of sp³-hybridized carbons (Fsp3) is 0.368. The highest BCUT2D eigenvalue weighted by Crippen LogP contribution is 2.21. The molecule has 0 unspecified atom stereocenters. The smallest absolute Gasteiger partial charge is 0.374 e. The van der Waals surface area contributed by atoms with Gasteiger partial charge in [0.05, 0.1) is 6.61 Å². The second kappa shape index (κ2) is 9.38. The lowest BCUT2D eigenvalue weighted by Crippen LogP contribution is -2.52. The number of nitrogens with one attached hydrogen (secondary N) is 1. The van der Waals surface area contributed by atoms with Crippen LogP contribution in [0, 0.1) is 0 Å². The minimum Gasteiger partial charge on any atom is -0.460 e. The van der Waals surface area contributed by atoms with Gasteiger partial charge >= 0.3 is 5.97 Å². The van der Waals surface area contributed by atoms with Crippen molar-refractivity contribution in [2.24, 2.45) is 0 Å². The molecule has 1 aromatic heterocycles. The van der Waals surface area contributed by atoms with E-state index in [2.05, 4.69) is 5.32 Å². The Labute approximate surface area is 175 Å². The van der Waals surface area contributed by atoms with E-state index in [4.69, 9.17) is 21.4 Å². The monoisotopic (exact) mass is 437 g/mol. The van der Waals surface area contributed by atoms with Crippen molar-refractivity contribution in [2.45, 2.75) is 18.6 Å². The van der Waals surface area contributed by atoms with E-state index in [1.54, 1.807) is 6.92 Å². The standard InChI is InChI=1S/C19H23N3O5S2/c1-2-26-18(23)16-8-9-17(27-16)29(24,25)22-12-10-21(11-13-22)19(28)20-14-15-6-4-3-5-7-15/h3-9H,2,10-14H2,1H3,(H,20,28). The van der Waals surface area contributed by atoms with Crippen molar-refractivity contribution >= 4 is 33.3 Å². The number of carbonyl (C=O) groups is 1. The molecule has 1 N–H and O–H groups in total. The zero-order valence-electron chi connectivity index (χ0n) is 16.0. The fourth-order valence-electron chi connectivity index (χ4n) is 2.91. The molecule has 1 saturated heterocycles. The Balaban J connectivity index is 1.55. The van der Waals surface area contributed by atoms with E-state index in [9.17, 15) is 13.2 Å². The van der Waals surface area contributed by atoms with Crippen LogP contribution < -0.4 is 5.32 Å². The number of nitrogens with zero attached hydrogens (tertiary/aromatic N) is 2. The first kappa shape index (κ1) is 21.3. The Morgan fingerprint density at radius 1 is 1.14 bits per heavy atom. The largest absolute Gasteiger partial charge is 0.460 e. The van der Waals surface area contributed by atoms with Gasteiger partial charge in [-0.25, -0.2) is 13.2 Å². The molecule has 156 valence electrons. The number of hydrogen-bond acceptors (Lipinski definition) is 6. The Hall–Kier alpha value is -2.43. The lowest BCUT2D eigenvalue weighted by Gasteiger charge is -2.35. The number of hydrogen-bond donors (Lipinski definition) is 1. The van der Waals surface area contributed by atoms with E-state index in [0.29, 0.717) is 24.7 Å². The highest BCUT2D eigenvalue weighted by Gasteiger charge is 2.32. The molecular formula is C19H23N3O5S2. The number of piperazine rings is 1. The molecule has 1 aliphatic rings. The van der Waals surface area contributed by atoms with Gasteiger partial charge in [-0.15, -0.1) is 0 Å². The third kappa shape index (κ3) is 5.14. The van der Waals surface area contributed by atoms with E-state index in [-0.39, 0.29) is 30.5 Å². The molecule has 2 aromatic rings. The summed E-state index contributed by atoms with van der Waals surface area (Å²) in [5.41, 5.74) is 1.12. The maximum Gasteiger partial charge on any atom is 0.374 e. The van der Waals surface area contributed by atoms with E-state index in [1.807, 2.05) is 35.2 Å². The number of ether oxygens (including phenoxy) is 1. The number of esters is 1. The van der Waals surface area contributed by atoms with Crippen LogP contribution >= 0.6 is 12.2 Å². The van der Waals surface area contributed by atoms with Crippen molar-refractivity contribution in [1.82, 2.24) is 14.5 Å². The molecule has 29 heavy (non-hydrogen) atoms. The van der Waals surface area contributed by atoms with E-state index in [0.717, 1.165) is 5.56 Å². The number of carbonyl (C=O) groups excluding carboxylic acids is 1. The van der Waals surface area contributed by atoms with Gasteiger partial charge < -0.3 is 19.4 Å². The average molecular weight is 438 g/mol. The van der Waals surface area contributed by atoms with Gasteiger partial charge in [0.1, 0.15) is 0 Å². The van der Waals surface area contributed by atoms with Crippen LogP contribution in [0.25, 0.3) is 0 Å². The summed E-state index contributed by atoms with van der Waals surface area (Å²) in [4.78, 5) is 13.6. The van der Waals surface area contributed by atoms with Gasteiger partial charge in [0, 0.05) is 32.7 Å². The van der Waals surface area contributed by atoms with Gasteiger partial charge in [-0.3, -0.25) is 0 Å². The molecule has 0 saturated carbocycles. The quantitative estimate of drug-likeness (QED) is 0.541. The number of rotatable bonds is 6. The molecule has 0 aliphatic carbocycles. The first-order chi connectivity index (χ1) is 13.9. The average Bonchev–Trinajstić information content (AvgIpc) is 3.24. The maximum absolute atomic E-state index is 12.8. The summed E-state index contributed by atoms with van der Waals surface area (Å²) < 4.78 is 36.9. The predicted octanol–water partition coefficient (Wildman–Crippen LogP) is 1.84. The molecule has 1 aliphatic heterocycles. The number of thiocarbonyl (C=S) groups is 1. The molecule has 0 radical (unpaired) electrons. The van der Waals surface area contributed by atoms with Crippen molar-refractivity contribution < 1.29 is 22.4 Å². The van der Waals surface area contributed by atoms with Crippen molar-refractivity contribution in [1.29, 1.82) is 0 Å². The Morgan fingerprint density at radius 2 is 1.83 bits per heavy atom. The van der Waals surface area contributed by atoms with Crippen LogP contribution in [0.2, 0.25) is 0 Å². The normalized spacial score (nSPS) is 15.1. The van der Waals surface area contributed by atoms with Gasteiger partial charge in [0.2, 0.25) is 10.9 Å². The van der Waals surface area contributed by atoms with Crippen LogP contribution in [-0.4, -0.2) is 61.5 Å². The topological polar surface area (TPSA) is 92.1 Å². The molecule has 0 amide bonds. The summed E-state index contributed by atoms with van der Waals surface area (Å²) in [6.45, 7) is 3.92. The third-order valence-corrected chi connectivity index (χ3v) is 6.64. The van der Waals surface area contributed by atoms with Crippen LogP contribution in [0.15, 0.2) is 52.0 Å². The lowest BCUT2D eigenvalue weighted by atomic mass is 10.2. The first-order valence-corrected chi connectivity index (χ1v) is 11.1. The molecular weight excluding hydrogens is 414 g/mol. The Bertz CT molecular complexity index is 951. The predicted molar refractivity (Wildman–Crippen MR) is 111 cm³/mol. The zero-order chi connectivity index (χ0) is 20.9. The van der Waals surface area contributed by atoms with Crippen LogP contribution in [0.3, 0.4) is 0 Å². The van der Waals surface area contributed by atoms with Crippen molar-refractivity contribution in [3.05, 3.63) is 53.8 Å². The van der Waals surface area contributed by atoms with Crippen molar-refractivity contribution in [3.8, 4) is 0 Å². The number of furan rings is 1. The van der Waals surface area contributed by atoms with Crippen LogP contribution in [0.5, 0.6) is 0 Å². The molecule has 10 heteroatoms. The highest BCUT2D eigenvalue weighted by atomic mass is 32.2. The summed E-state index contributed by atoms with van der Waals surface area (Å²) in [6.07, 6.45) is 0. The van der Waals surface area contributed by atoms with Gasteiger partial charge in [0.25, 0.3) is 10.0 Å². The fourth-order valence-corrected chi connectivity index (χ4v) is 4.50. The summed E-state index contributed by atoms with van der Waals surface area (Å²) >= 11 is 5.43. The van der Waals surface area contributed by atoms with Crippen LogP contribution in [0.1, 0.15) is 23.0 Å². The molecule has 0 bridgehead atoms. The van der Waals surface area contributed by atoms with Crippen molar-refractivity contribution in [2.75, 3.05) is 32.8 Å². The molecule has 2 heterocycles. The van der Waals surface area contributed by atoms with E-state index >= 15 is 0 Å². The summed E-state index contributed by atoms with van der Waals surface area (Å²) in [5, 5.41) is 3.53. The second-order valence-electron chi connectivity index (χ2n) is 6.37. The Kier molecular flexibility index (Phi) is 6.88. The molecule has 8 nitrogen and oxygen atoms in total. The van der Waals surface area contributed by atoms with Gasteiger partial charge in [-0.05, 0) is 36.8 Å². The number of benzene rings is 1. The summed E-state index contributed by atoms with van der Waals surface area (Å²) in [7, 11) is -3.83. The maximum atomic E-state index is 12.8. The molecule has 1 aromatic carbocycles. The lowest BCUT2D eigenvalue weighted by molar-refractivity contribution is 0.0483. The van der Waals surface area contributed by atoms with Gasteiger partial charge in [0.15, 0.2) is 5.11 Å². The third-order valence-electron chi connectivity index (χ3n) is 4.46. The van der Waals surface area contributed by atoms with E-state index < -0.39 is 16.0 Å². The van der Waals surface area contributed by atoms with Crippen LogP contribution in [-0.2, 0) is 21.3 Å². The number of sulfonamides is 1. The SMILES string of the molecule is CCOC(=O)c1ccc(S(=O)(=O)N2CCN(C(=S)NCc3ccccc3)CC2)o1. The highest BCUT2D eigenvalue weighted by molar-refractivity contribution is 7.89. The first-order valence-electron chi connectivity index (χ1n) is 9.25. The summed E-state index contributed by atoms with van der Waals surface area (Å²) in [6, 6.07) is 12.5. The second-order valence-corrected chi connectivity index (χ2v) is 8.63. The minimum absolute atomic E-state index is 0.129. The van der Waals surface area contributed by atoms with Crippen LogP contribution in [0.4, 0.5) is 0 Å². The molecule has 0 spiro atoms. The molecule has 1 fully saturated rings. The summed E-state index contributed by atoms with van der Waals surface area (Å²) in [5.74, 6) is -0.816. The van der Waals surface area contributed by atoms with Gasteiger partial charge in [-0.1, -0.05) is 30.3 Å². The van der Waals surface area contributed by atoms with Gasteiger partial charge in [-0.2, -0.15) is 4.31 Å². The van der Waals surface area contributed by atoms with E-state index in [1.165, 1.54) is 16.4 Å². The minimum atomic E-state index is -3.83.